The fourth-order valence-electron chi connectivity index (χ4n) is 1.82. The number of benzene rings is 1. The number of carbonyl (C=O) groups is 2. The molecule has 0 spiro atoms. The van der Waals surface area contributed by atoms with Crippen LogP contribution in [0, 0.1) is 0 Å². The van der Waals surface area contributed by atoms with Crippen molar-refractivity contribution >= 4 is 46.2 Å². The Hall–Kier alpha value is -2.06. The van der Waals surface area contributed by atoms with Gasteiger partial charge < -0.3 is 15.2 Å². The Kier molecular flexibility index (Phi) is 5.04. The smallest absolute Gasteiger partial charge is 0.266 e. The maximum absolute atomic E-state index is 12.3. The number of phenolic OH excluding ortho intramolecular Hbond substituents is 1. The van der Waals surface area contributed by atoms with Crippen LogP contribution in [-0.4, -0.2) is 46.8 Å². The van der Waals surface area contributed by atoms with Crippen LogP contribution in [0.1, 0.15) is 5.56 Å². The Morgan fingerprint density at radius 2 is 2.27 bits per heavy atom. The summed E-state index contributed by atoms with van der Waals surface area (Å²) in [4.78, 5) is 25.3. The van der Waals surface area contributed by atoms with Crippen molar-refractivity contribution in [3.63, 3.8) is 0 Å². The molecule has 116 valence electrons. The van der Waals surface area contributed by atoms with Crippen LogP contribution in [0.2, 0.25) is 0 Å². The lowest BCUT2D eigenvalue weighted by Gasteiger charge is -2.12. The number of thioether (sulfide) groups is 1. The van der Waals surface area contributed by atoms with Gasteiger partial charge in [0.1, 0.15) is 10.9 Å². The molecule has 0 aliphatic carbocycles. The first kappa shape index (κ1) is 16.3. The van der Waals surface area contributed by atoms with Gasteiger partial charge in [0.2, 0.25) is 5.91 Å². The van der Waals surface area contributed by atoms with Crippen molar-refractivity contribution in [2.24, 2.45) is 0 Å². The largest absolute Gasteiger partial charge is 0.504 e. The van der Waals surface area contributed by atoms with E-state index in [1.54, 1.807) is 18.2 Å². The maximum atomic E-state index is 12.3. The van der Waals surface area contributed by atoms with E-state index >= 15 is 0 Å². The molecule has 2 N–H and O–H groups in total. The number of thiocarbonyl (C=S) groups is 1. The number of hydrogen-bond acceptors (Lipinski definition) is 6. The number of methoxy groups -OCH3 is 1. The third kappa shape index (κ3) is 3.23. The molecule has 1 aliphatic rings. The molecule has 2 rings (SSSR count). The number of hydrogen-bond donors (Lipinski definition) is 2. The Balaban J connectivity index is 2.29. The third-order valence-electron chi connectivity index (χ3n) is 2.99. The molecule has 1 aromatic carbocycles. The van der Waals surface area contributed by atoms with E-state index in [1.165, 1.54) is 25.1 Å². The van der Waals surface area contributed by atoms with E-state index < -0.39 is 0 Å². The fourth-order valence-corrected chi connectivity index (χ4v) is 3.07. The summed E-state index contributed by atoms with van der Waals surface area (Å²) in [5.41, 5.74) is 0.444. The average molecular weight is 338 g/mol. The van der Waals surface area contributed by atoms with Crippen molar-refractivity contribution in [2.75, 3.05) is 20.7 Å². The monoisotopic (exact) mass is 338 g/mol. The van der Waals surface area contributed by atoms with Crippen LogP contribution in [0.5, 0.6) is 11.5 Å². The van der Waals surface area contributed by atoms with Gasteiger partial charge in [0.15, 0.2) is 11.5 Å². The van der Waals surface area contributed by atoms with Crippen LogP contribution in [-0.2, 0) is 9.59 Å². The second kappa shape index (κ2) is 6.80. The summed E-state index contributed by atoms with van der Waals surface area (Å²) in [6.45, 7) is -0.122. The number of phenols is 1. The van der Waals surface area contributed by atoms with Gasteiger partial charge >= 0.3 is 0 Å². The molecule has 0 unspecified atom stereocenters. The number of likely N-dealkylation sites (N-methyl/N-ethyl adjacent to an activating group) is 1. The molecule has 1 heterocycles. The van der Waals surface area contributed by atoms with Crippen LogP contribution >= 0.6 is 24.0 Å². The van der Waals surface area contributed by atoms with Crippen molar-refractivity contribution < 1.29 is 19.4 Å². The highest BCUT2D eigenvalue weighted by Crippen LogP contribution is 2.36. The SMILES string of the molecule is CNC(=O)CN1C(=O)/C(=C\c2cccc(OC)c2O)SC1=S. The van der Waals surface area contributed by atoms with Gasteiger partial charge in [-0.3, -0.25) is 14.5 Å². The quantitative estimate of drug-likeness (QED) is 0.637. The summed E-state index contributed by atoms with van der Waals surface area (Å²) in [5, 5.41) is 12.5. The van der Waals surface area contributed by atoms with Crippen molar-refractivity contribution in [1.82, 2.24) is 10.2 Å². The number of ether oxygens (including phenoxy) is 1. The van der Waals surface area contributed by atoms with Gasteiger partial charge in [0.05, 0.1) is 12.0 Å². The molecule has 0 bridgehead atoms. The third-order valence-corrected chi connectivity index (χ3v) is 4.37. The highest BCUT2D eigenvalue weighted by atomic mass is 32.2. The molecule has 2 amide bonds. The van der Waals surface area contributed by atoms with Gasteiger partial charge in [-0.2, -0.15) is 0 Å². The molecule has 6 nitrogen and oxygen atoms in total. The van der Waals surface area contributed by atoms with Crippen molar-refractivity contribution in [3.8, 4) is 11.5 Å². The number of nitrogens with zero attached hydrogens (tertiary/aromatic N) is 1. The molecule has 0 saturated carbocycles. The summed E-state index contributed by atoms with van der Waals surface area (Å²) < 4.78 is 5.33. The Morgan fingerprint density at radius 3 is 2.91 bits per heavy atom. The van der Waals surface area contributed by atoms with Crippen LogP contribution in [0.4, 0.5) is 0 Å². The van der Waals surface area contributed by atoms with E-state index in [9.17, 15) is 14.7 Å². The van der Waals surface area contributed by atoms with Crippen molar-refractivity contribution in [2.45, 2.75) is 0 Å². The zero-order valence-corrected chi connectivity index (χ0v) is 13.6. The van der Waals surface area contributed by atoms with Crippen LogP contribution in [0.3, 0.4) is 0 Å². The number of rotatable bonds is 4. The highest BCUT2D eigenvalue weighted by molar-refractivity contribution is 8.26. The summed E-state index contributed by atoms with van der Waals surface area (Å²) in [7, 11) is 2.94. The summed E-state index contributed by atoms with van der Waals surface area (Å²) >= 11 is 6.21. The minimum absolute atomic E-state index is 0.0541. The Bertz CT molecular complexity index is 673. The Morgan fingerprint density at radius 1 is 1.55 bits per heavy atom. The molecule has 0 aromatic heterocycles. The van der Waals surface area contributed by atoms with E-state index in [1.807, 2.05) is 0 Å². The highest BCUT2D eigenvalue weighted by Gasteiger charge is 2.33. The predicted molar refractivity (Wildman–Crippen MR) is 88.6 cm³/mol. The molecular weight excluding hydrogens is 324 g/mol. The van der Waals surface area contributed by atoms with Gasteiger partial charge in [-0.05, 0) is 12.1 Å². The van der Waals surface area contributed by atoms with E-state index in [4.69, 9.17) is 17.0 Å². The fraction of sp³-hybridized carbons (Fsp3) is 0.214. The number of carbonyl (C=O) groups excluding carboxylic acids is 2. The first-order valence-corrected chi connectivity index (χ1v) is 7.52. The lowest BCUT2D eigenvalue weighted by atomic mass is 10.1. The van der Waals surface area contributed by atoms with E-state index in [-0.39, 0.29) is 24.1 Å². The maximum Gasteiger partial charge on any atom is 0.266 e. The molecule has 0 atom stereocenters. The second-order valence-corrected chi connectivity index (χ2v) is 6.01. The van der Waals surface area contributed by atoms with Gasteiger partial charge in [-0.15, -0.1) is 0 Å². The van der Waals surface area contributed by atoms with Gasteiger partial charge in [-0.1, -0.05) is 36.1 Å². The van der Waals surface area contributed by atoms with E-state index in [2.05, 4.69) is 5.32 Å². The molecule has 1 aromatic rings. The van der Waals surface area contributed by atoms with Crippen LogP contribution in [0.25, 0.3) is 6.08 Å². The molecule has 8 heteroatoms. The van der Waals surface area contributed by atoms with E-state index in [0.717, 1.165) is 11.8 Å². The molecular formula is C14H14N2O4S2. The molecule has 1 aliphatic heterocycles. The van der Waals surface area contributed by atoms with Crippen molar-refractivity contribution in [1.29, 1.82) is 0 Å². The van der Waals surface area contributed by atoms with Gasteiger partial charge in [-0.25, -0.2) is 0 Å². The second-order valence-electron chi connectivity index (χ2n) is 4.34. The minimum Gasteiger partial charge on any atom is -0.504 e. The molecule has 1 fully saturated rings. The topological polar surface area (TPSA) is 78.9 Å². The predicted octanol–water partition coefficient (Wildman–Crippen LogP) is 1.35. The number of amides is 2. The molecule has 1 saturated heterocycles. The lowest BCUT2D eigenvalue weighted by molar-refractivity contribution is -0.128. The Labute approximate surface area is 137 Å². The summed E-state index contributed by atoms with van der Waals surface area (Å²) in [6.07, 6.45) is 1.53. The number of nitrogens with one attached hydrogen (secondary N) is 1. The summed E-state index contributed by atoms with van der Waals surface area (Å²) in [5.74, 6) is -0.404. The minimum atomic E-state index is -0.360. The van der Waals surface area contributed by atoms with E-state index in [0.29, 0.717) is 20.5 Å². The van der Waals surface area contributed by atoms with Crippen molar-refractivity contribution in [3.05, 3.63) is 28.7 Å². The lowest BCUT2D eigenvalue weighted by Crippen LogP contribution is -2.38. The molecule has 0 radical (unpaired) electrons. The average Bonchev–Trinajstić information content (AvgIpc) is 2.76. The summed E-state index contributed by atoms with van der Waals surface area (Å²) in [6, 6.07) is 4.97. The zero-order chi connectivity index (χ0) is 16.3. The molecule has 22 heavy (non-hydrogen) atoms. The number of aromatic hydroxyl groups is 1. The number of para-hydroxylation sites is 1. The first-order valence-electron chi connectivity index (χ1n) is 6.29. The van der Waals surface area contributed by atoms with Crippen LogP contribution < -0.4 is 10.1 Å². The normalized spacial score (nSPS) is 16.3. The first-order chi connectivity index (χ1) is 10.5. The zero-order valence-electron chi connectivity index (χ0n) is 12.0. The van der Waals surface area contributed by atoms with Crippen LogP contribution in [0.15, 0.2) is 23.1 Å². The van der Waals surface area contributed by atoms with Gasteiger partial charge in [0.25, 0.3) is 5.91 Å². The van der Waals surface area contributed by atoms with Gasteiger partial charge in [0, 0.05) is 12.6 Å². The standard InChI is InChI=1S/C14H14N2O4S2/c1-15-11(17)7-16-13(19)10(22-14(16)21)6-8-4-3-5-9(20-2)12(8)18/h3-6,18H,7H2,1-2H3,(H,15,17)/b10-6+.